The number of anilines is 1. The quantitative estimate of drug-likeness (QED) is 0.114. The van der Waals surface area contributed by atoms with Gasteiger partial charge in [0.05, 0.1) is 31.5 Å². The van der Waals surface area contributed by atoms with Crippen LogP contribution in [-0.2, 0) is 33.7 Å². The molecule has 7 atom stereocenters. The molecular formula is C44H58N8O7S. The van der Waals surface area contributed by atoms with E-state index < -0.39 is 41.4 Å². The molecule has 16 heteroatoms. The number of thioether (sulfide) groups is 1. The van der Waals surface area contributed by atoms with E-state index >= 15 is 0 Å². The van der Waals surface area contributed by atoms with E-state index in [1.807, 2.05) is 93.7 Å². The molecule has 7 rings (SSSR count). The van der Waals surface area contributed by atoms with E-state index in [0.717, 1.165) is 28.8 Å². The van der Waals surface area contributed by atoms with Crippen molar-refractivity contribution >= 4 is 29.4 Å². The van der Waals surface area contributed by atoms with Gasteiger partial charge in [0.2, 0.25) is 11.8 Å². The minimum absolute atomic E-state index is 0.0572. The fraction of sp³-hybridized carbons (Fsp3) is 0.477. The molecule has 4 heterocycles. The van der Waals surface area contributed by atoms with E-state index in [1.54, 1.807) is 18.5 Å². The van der Waals surface area contributed by atoms with E-state index in [-0.39, 0.29) is 48.0 Å². The van der Waals surface area contributed by atoms with Crippen molar-refractivity contribution in [3.63, 3.8) is 0 Å². The van der Waals surface area contributed by atoms with Crippen LogP contribution in [0, 0.1) is 5.92 Å². The van der Waals surface area contributed by atoms with Gasteiger partial charge < -0.3 is 36.4 Å². The zero-order valence-corrected chi connectivity index (χ0v) is 35.3. The largest absolute Gasteiger partial charge is 0.393 e. The van der Waals surface area contributed by atoms with Gasteiger partial charge in [0.1, 0.15) is 22.7 Å². The third-order valence-electron chi connectivity index (χ3n) is 10.7. The van der Waals surface area contributed by atoms with Crippen LogP contribution in [-0.4, -0.2) is 120 Å². The van der Waals surface area contributed by atoms with Gasteiger partial charge in [0, 0.05) is 69.2 Å². The Labute approximate surface area is 355 Å². The van der Waals surface area contributed by atoms with Gasteiger partial charge in [-0.3, -0.25) is 28.9 Å². The molecule has 322 valence electrons. The molecule has 2 unspecified atom stereocenters. The molecule has 0 spiro atoms. The summed E-state index contributed by atoms with van der Waals surface area (Å²) in [7, 11) is 0. The minimum Gasteiger partial charge on any atom is -0.393 e. The number of hydrogen-bond donors (Lipinski definition) is 6. The highest BCUT2D eigenvalue weighted by molar-refractivity contribution is 8.00. The Bertz CT molecular complexity index is 2070. The summed E-state index contributed by atoms with van der Waals surface area (Å²) < 4.78 is 6.70. The average Bonchev–Trinajstić information content (AvgIpc) is 3.82. The van der Waals surface area contributed by atoms with Crippen molar-refractivity contribution in [1.82, 2.24) is 35.0 Å². The zero-order valence-electron chi connectivity index (χ0n) is 34.5. The molecule has 0 radical (unpaired) electrons. The van der Waals surface area contributed by atoms with Crippen molar-refractivity contribution in [2.24, 2.45) is 5.92 Å². The van der Waals surface area contributed by atoms with E-state index in [1.165, 1.54) is 16.3 Å². The van der Waals surface area contributed by atoms with Crippen LogP contribution < -0.4 is 22.1 Å². The number of ether oxygens (including phenoxy) is 1. The number of carbonyl (C=O) groups is 2. The van der Waals surface area contributed by atoms with Crippen LogP contribution in [0.25, 0.3) is 0 Å². The normalized spacial score (nSPS) is 22.9. The van der Waals surface area contributed by atoms with Gasteiger partial charge in [-0.2, -0.15) is 4.98 Å². The molecule has 60 heavy (non-hydrogen) atoms. The van der Waals surface area contributed by atoms with Crippen LogP contribution in [0.1, 0.15) is 60.9 Å². The molecule has 0 bridgehead atoms. The molecule has 15 nitrogen and oxygen atoms in total. The number of aliphatic hydroxyl groups is 3. The van der Waals surface area contributed by atoms with Crippen LogP contribution in [0.5, 0.6) is 0 Å². The van der Waals surface area contributed by atoms with Crippen LogP contribution in [0.4, 0.5) is 5.82 Å². The summed E-state index contributed by atoms with van der Waals surface area (Å²) in [5.41, 5.74) is 8.40. The molecule has 7 N–H and O–H groups in total. The third kappa shape index (κ3) is 12.4. The lowest BCUT2D eigenvalue weighted by Crippen LogP contribution is -2.61. The van der Waals surface area contributed by atoms with Gasteiger partial charge in [0.15, 0.2) is 0 Å². The number of nitrogens with one attached hydrogen (secondary N) is 2. The number of nitrogens with two attached hydrogens (primary N) is 1. The minimum atomic E-state index is -0.833. The second-order valence-electron chi connectivity index (χ2n) is 16.7. The molecule has 2 aliphatic heterocycles. The monoisotopic (exact) mass is 842 g/mol. The maximum absolute atomic E-state index is 13.8. The molecule has 4 aromatic rings. The molecular weight excluding hydrogens is 785 g/mol. The van der Waals surface area contributed by atoms with Crippen molar-refractivity contribution < 1.29 is 29.6 Å². The van der Waals surface area contributed by atoms with E-state index in [2.05, 4.69) is 30.4 Å². The average molecular weight is 843 g/mol. The van der Waals surface area contributed by atoms with Gasteiger partial charge in [0.25, 0.3) is 0 Å². The Balaban J connectivity index is 0.000000336. The fourth-order valence-electron chi connectivity index (χ4n) is 7.90. The lowest BCUT2D eigenvalue weighted by atomic mass is 9.91. The number of nitrogen functional groups attached to an aromatic ring is 1. The number of aromatic nitrogens is 3. The molecule has 2 aromatic heterocycles. The number of hydrogen-bond acceptors (Lipinski definition) is 13. The molecule has 3 aliphatic rings. The smallest absolute Gasteiger partial charge is 0.350 e. The highest BCUT2D eigenvalue weighted by atomic mass is 32.2. The van der Waals surface area contributed by atoms with Crippen molar-refractivity contribution in [3.8, 4) is 0 Å². The molecule has 1 aliphatic carbocycles. The van der Waals surface area contributed by atoms with Crippen molar-refractivity contribution in [2.45, 2.75) is 87.2 Å². The summed E-state index contributed by atoms with van der Waals surface area (Å²) in [5.74, 6) is -0.574. The fourth-order valence-corrected chi connectivity index (χ4v) is 8.94. The first-order valence-electron chi connectivity index (χ1n) is 20.4. The molecule has 2 aromatic carbocycles. The van der Waals surface area contributed by atoms with Gasteiger partial charge in [-0.25, -0.2) is 4.79 Å². The number of piperazine rings is 1. The van der Waals surface area contributed by atoms with E-state index in [9.17, 15) is 24.6 Å². The highest BCUT2D eigenvalue weighted by Gasteiger charge is 2.37. The number of β-amino-alcohol motifs (C(OH)–C–C–N with tert-alkyl or cyclic N) is 1. The lowest BCUT2D eigenvalue weighted by Gasteiger charge is -2.42. The first kappa shape index (κ1) is 44.9. The van der Waals surface area contributed by atoms with Crippen LogP contribution in [0.15, 0.2) is 96.2 Å². The van der Waals surface area contributed by atoms with Gasteiger partial charge in [-0.1, -0.05) is 60.7 Å². The topological polar surface area (TPSA) is 208 Å². The first-order chi connectivity index (χ1) is 28.8. The Morgan fingerprint density at radius 1 is 1.03 bits per heavy atom. The van der Waals surface area contributed by atoms with Crippen molar-refractivity contribution in [2.75, 3.05) is 45.1 Å². The summed E-state index contributed by atoms with van der Waals surface area (Å²) in [5, 5.41) is 37.2. The number of aliphatic hydroxyl groups excluding tert-OH is 3. The molecule has 2 amide bonds. The number of rotatable bonds is 13. The Morgan fingerprint density at radius 3 is 2.48 bits per heavy atom. The van der Waals surface area contributed by atoms with Crippen LogP contribution in [0.3, 0.4) is 0 Å². The summed E-state index contributed by atoms with van der Waals surface area (Å²) in [6.07, 6.45) is 4.85. The Morgan fingerprint density at radius 2 is 1.78 bits per heavy atom. The second-order valence-corrected chi connectivity index (χ2v) is 18.0. The first-order valence-corrected chi connectivity index (χ1v) is 21.4. The SMILES string of the molecule is CC(C)(C)NC(=O)[C@@H]1CN(Cc2cccnc2)CCN1C[C@@H](O)C[C@@H](Cc1ccccc1)C(=O)N[C@H]1c2ccccc2C[C@H]1O.Nc1ccn(C2COC(CO)S2)c(=O)n1. The van der Waals surface area contributed by atoms with Gasteiger partial charge in [-0.05, 0) is 68.0 Å². The highest BCUT2D eigenvalue weighted by Crippen LogP contribution is 2.34. The number of nitrogens with zero attached hydrogens (tertiary/aromatic N) is 5. The number of carbonyl (C=O) groups excluding carboxylic acids is 2. The summed E-state index contributed by atoms with van der Waals surface area (Å²) in [4.78, 5) is 51.0. The van der Waals surface area contributed by atoms with Gasteiger partial charge >= 0.3 is 5.69 Å². The third-order valence-corrected chi connectivity index (χ3v) is 12.0. The molecule has 2 fully saturated rings. The Kier molecular flexibility index (Phi) is 15.5. The predicted molar refractivity (Wildman–Crippen MR) is 230 cm³/mol. The number of benzene rings is 2. The maximum Gasteiger partial charge on any atom is 0.350 e. The van der Waals surface area contributed by atoms with Crippen molar-refractivity contribution in [3.05, 3.63) is 124 Å². The van der Waals surface area contributed by atoms with E-state index in [0.29, 0.717) is 39.1 Å². The maximum atomic E-state index is 13.8. The Hall–Kier alpha value is -4.68. The predicted octanol–water partition coefficient (Wildman–Crippen LogP) is 2.27. The summed E-state index contributed by atoms with van der Waals surface area (Å²) in [6.45, 7) is 9.08. The van der Waals surface area contributed by atoms with Crippen LogP contribution >= 0.6 is 11.8 Å². The molecule has 0 saturated carbocycles. The summed E-state index contributed by atoms with van der Waals surface area (Å²) in [6, 6.07) is 22.2. The number of fused-ring (bicyclic) bond motifs is 1. The standard InChI is InChI=1S/C36H47N5O4.C8H11N3O3S/c1-36(2,3)39-35(45)31-24-40(22-26-12-9-15-37-21-26)16-17-41(31)23-29(42)19-28(18-25-10-5-4-6-11-25)34(44)38-33-30-14-8-7-13-27(30)20-32(33)43;9-5-1-2-11(8(13)10-5)6-4-14-7(3-12)15-6/h4-15,21,28-29,31-33,42-43H,16-20,22-24H2,1-3H3,(H,38,44)(H,39,45);1-2,6-7,12H,3-4H2,(H2,9,10,13)/t28-,29+,31+,32-,33+;/m1./s1. The van der Waals surface area contributed by atoms with E-state index in [4.69, 9.17) is 15.6 Å². The molecule has 2 saturated heterocycles. The summed E-state index contributed by atoms with van der Waals surface area (Å²) >= 11 is 1.39. The number of amides is 2. The van der Waals surface area contributed by atoms with Crippen LogP contribution in [0.2, 0.25) is 0 Å². The number of pyridine rings is 1. The zero-order chi connectivity index (χ0) is 42.8. The van der Waals surface area contributed by atoms with Crippen molar-refractivity contribution in [1.29, 1.82) is 0 Å². The van der Waals surface area contributed by atoms with Gasteiger partial charge in [-0.15, -0.1) is 11.8 Å². The second kappa shape index (κ2) is 20.7. The lowest BCUT2D eigenvalue weighted by molar-refractivity contribution is -0.132.